The summed E-state index contributed by atoms with van der Waals surface area (Å²) in [6.45, 7) is 5.16. The van der Waals surface area contributed by atoms with Gasteiger partial charge in [0, 0.05) is 42.6 Å². The summed E-state index contributed by atoms with van der Waals surface area (Å²) < 4.78 is 27.3. The Bertz CT molecular complexity index is 835. The average molecular weight is 408 g/mol. The van der Waals surface area contributed by atoms with Crippen LogP contribution in [-0.2, 0) is 14.8 Å². The molecule has 1 saturated heterocycles. The van der Waals surface area contributed by atoms with Crippen molar-refractivity contribution in [2.75, 3.05) is 19.3 Å². The van der Waals surface area contributed by atoms with Crippen molar-refractivity contribution in [1.29, 1.82) is 0 Å². The van der Waals surface area contributed by atoms with E-state index in [9.17, 15) is 13.2 Å². The molecule has 1 unspecified atom stereocenters. The summed E-state index contributed by atoms with van der Waals surface area (Å²) >= 11 is 0. The standard InChI is InChI=1S/C21H33N3O3S/c1-16-14-18(17(2)24(16)20-9-5-4-6-10-20)11-12-21(25)22-19-8-7-13-23(15-19)28(3,26)27/h11-12,14,19-20H,4-10,13,15H2,1-3H3,(H,22,25)/b12-11+. The summed E-state index contributed by atoms with van der Waals surface area (Å²) in [5.74, 6) is -0.164. The number of carbonyl (C=O) groups is 1. The van der Waals surface area contributed by atoms with Crippen molar-refractivity contribution in [3.63, 3.8) is 0 Å². The number of amides is 1. The van der Waals surface area contributed by atoms with Crippen LogP contribution in [-0.4, -0.2) is 48.6 Å². The molecule has 1 atom stereocenters. The third kappa shape index (κ3) is 5.06. The molecule has 1 saturated carbocycles. The van der Waals surface area contributed by atoms with E-state index in [-0.39, 0.29) is 11.9 Å². The second kappa shape index (κ2) is 8.82. The number of hydrogen-bond donors (Lipinski definition) is 1. The molecule has 1 aromatic heterocycles. The SMILES string of the molecule is Cc1cc(/C=C/C(=O)NC2CCCN(S(C)(=O)=O)C2)c(C)n1C1CCCCC1. The van der Waals surface area contributed by atoms with Crippen LogP contribution in [0.2, 0.25) is 0 Å². The molecule has 0 aromatic carbocycles. The third-order valence-corrected chi connectivity index (χ3v) is 7.35. The molecule has 1 aliphatic carbocycles. The smallest absolute Gasteiger partial charge is 0.244 e. The van der Waals surface area contributed by atoms with E-state index in [0.717, 1.165) is 18.4 Å². The minimum atomic E-state index is -3.21. The molecule has 0 radical (unpaired) electrons. The van der Waals surface area contributed by atoms with Crippen molar-refractivity contribution in [2.45, 2.75) is 70.9 Å². The topological polar surface area (TPSA) is 71.4 Å². The second-order valence-electron chi connectivity index (χ2n) is 8.29. The fourth-order valence-corrected chi connectivity index (χ4v) is 5.56. The van der Waals surface area contributed by atoms with Gasteiger partial charge in [-0.15, -0.1) is 0 Å². The number of sulfonamides is 1. The quantitative estimate of drug-likeness (QED) is 0.762. The van der Waals surface area contributed by atoms with E-state index in [0.29, 0.717) is 19.1 Å². The predicted molar refractivity (Wildman–Crippen MR) is 113 cm³/mol. The summed E-state index contributed by atoms with van der Waals surface area (Å²) in [4.78, 5) is 12.4. The molecular formula is C21H33N3O3S. The van der Waals surface area contributed by atoms with Gasteiger partial charge in [0.15, 0.2) is 0 Å². The zero-order chi connectivity index (χ0) is 20.3. The van der Waals surface area contributed by atoms with Crippen LogP contribution in [0, 0.1) is 13.8 Å². The van der Waals surface area contributed by atoms with E-state index in [1.807, 2.05) is 6.08 Å². The lowest BCUT2D eigenvalue weighted by molar-refractivity contribution is -0.117. The molecule has 1 aliphatic heterocycles. The minimum Gasteiger partial charge on any atom is -0.348 e. The van der Waals surface area contributed by atoms with E-state index < -0.39 is 10.0 Å². The van der Waals surface area contributed by atoms with E-state index >= 15 is 0 Å². The molecular weight excluding hydrogens is 374 g/mol. The van der Waals surface area contributed by atoms with Crippen LogP contribution in [0.25, 0.3) is 6.08 Å². The first-order valence-electron chi connectivity index (χ1n) is 10.4. The Kier molecular flexibility index (Phi) is 6.65. The summed E-state index contributed by atoms with van der Waals surface area (Å²) in [5, 5.41) is 2.96. The number of aryl methyl sites for hydroxylation is 1. The summed E-state index contributed by atoms with van der Waals surface area (Å²) in [6, 6.07) is 2.60. The van der Waals surface area contributed by atoms with Gasteiger partial charge in [0.1, 0.15) is 0 Å². The molecule has 2 fully saturated rings. The number of aromatic nitrogens is 1. The highest BCUT2D eigenvalue weighted by molar-refractivity contribution is 7.88. The first kappa shape index (κ1) is 21.1. The van der Waals surface area contributed by atoms with Gasteiger partial charge in [-0.1, -0.05) is 19.3 Å². The van der Waals surface area contributed by atoms with Gasteiger partial charge in [0.05, 0.1) is 6.26 Å². The van der Waals surface area contributed by atoms with Gasteiger partial charge in [-0.05, 0) is 57.2 Å². The van der Waals surface area contributed by atoms with Crippen molar-refractivity contribution in [2.24, 2.45) is 0 Å². The highest BCUT2D eigenvalue weighted by Crippen LogP contribution is 2.32. The number of carbonyl (C=O) groups excluding carboxylic acids is 1. The van der Waals surface area contributed by atoms with Crippen molar-refractivity contribution in [3.8, 4) is 0 Å². The zero-order valence-electron chi connectivity index (χ0n) is 17.3. The second-order valence-corrected chi connectivity index (χ2v) is 10.3. The lowest BCUT2D eigenvalue weighted by Gasteiger charge is -2.31. The zero-order valence-corrected chi connectivity index (χ0v) is 18.1. The lowest BCUT2D eigenvalue weighted by atomic mass is 9.95. The van der Waals surface area contributed by atoms with Crippen LogP contribution < -0.4 is 5.32 Å². The van der Waals surface area contributed by atoms with Gasteiger partial charge in [0.25, 0.3) is 0 Å². The molecule has 1 amide bonds. The fourth-order valence-electron chi connectivity index (χ4n) is 4.65. The van der Waals surface area contributed by atoms with Crippen molar-refractivity contribution in [1.82, 2.24) is 14.2 Å². The monoisotopic (exact) mass is 407 g/mol. The molecule has 156 valence electrons. The van der Waals surface area contributed by atoms with Crippen LogP contribution in [0.5, 0.6) is 0 Å². The predicted octanol–water partition coefficient (Wildman–Crippen LogP) is 3.16. The summed E-state index contributed by atoms with van der Waals surface area (Å²) in [7, 11) is -3.21. The third-order valence-electron chi connectivity index (χ3n) is 6.08. The van der Waals surface area contributed by atoms with Gasteiger partial charge in [-0.3, -0.25) is 4.79 Å². The number of piperidine rings is 1. The fraction of sp³-hybridized carbons (Fsp3) is 0.667. The maximum Gasteiger partial charge on any atom is 0.244 e. The van der Waals surface area contributed by atoms with Gasteiger partial charge >= 0.3 is 0 Å². The molecule has 1 N–H and O–H groups in total. The largest absolute Gasteiger partial charge is 0.348 e. The van der Waals surface area contributed by atoms with Crippen LogP contribution in [0.15, 0.2) is 12.1 Å². The Morgan fingerprint density at radius 3 is 2.54 bits per heavy atom. The first-order valence-corrected chi connectivity index (χ1v) is 12.2. The van der Waals surface area contributed by atoms with Gasteiger partial charge in [0.2, 0.25) is 15.9 Å². The van der Waals surface area contributed by atoms with Crippen LogP contribution in [0.4, 0.5) is 0 Å². The van der Waals surface area contributed by atoms with Crippen LogP contribution >= 0.6 is 0 Å². The normalized spacial score (nSPS) is 22.6. The van der Waals surface area contributed by atoms with Crippen LogP contribution in [0.1, 0.15) is 67.9 Å². The molecule has 0 bridgehead atoms. The van der Waals surface area contributed by atoms with Crippen molar-refractivity contribution < 1.29 is 13.2 Å². The Hall–Kier alpha value is -1.60. The molecule has 28 heavy (non-hydrogen) atoms. The molecule has 6 nitrogen and oxygen atoms in total. The van der Waals surface area contributed by atoms with E-state index in [1.54, 1.807) is 6.08 Å². The number of nitrogens with one attached hydrogen (secondary N) is 1. The molecule has 2 aliphatic rings. The summed E-state index contributed by atoms with van der Waals surface area (Å²) in [6.07, 6.45) is 12.6. The van der Waals surface area contributed by atoms with E-state index in [2.05, 4.69) is 29.8 Å². The highest BCUT2D eigenvalue weighted by Gasteiger charge is 2.26. The van der Waals surface area contributed by atoms with Gasteiger partial charge < -0.3 is 9.88 Å². The van der Waals surface area contributed by atoms with Crippen molar-refractivity contribution in [3.05, 3.63) is 29.1 Å². The number of hydrogen-bond acceptors (Lipinski definition) is 3. The first-order chi connectivity index (χ1) is 13.3. The number of nitrogens with zero attached hydrogens (tertiary/aromatic N) is 2. The summed E-state index contributed by atoms with van der Waals surface area (Å²) in [5.41, 5.74) is 3.55. The minimum absolute atomic E-state index is 0.129. The average Bonchev–Trinajstić information content (AvgIpc) is 2.94. The maximum absolute atomic E-state index is 12.4. The Balaban J connectivity index is 1.63. The number of rotatable bonds is 5. The molecule has 1 aromatic rings. The molecule has 2 heterocycles. The highest BCUT2D eigenvalue weighted by atomic mass is 32.2. The Labute approximate surface area is 169 Å². The molecule has 3 rings (SSSR count). The molecule has 0 spiro atoms. The van der Waals surface area contributed by atoms with Gasteiger partial charge in [-0.2, -0.15) is 0 Å². The lowest BCUT2D eigenvalue weighted by Crippen LogP contribution is -2.48. The molecule has 7 heteroatoms. The Morgan fingerprint density at radius 1 is 1.14 bits per heavy atom. The van der Waals surface area contributed by atoms with E-state index in [1.165, 1.54) is 54.1 Å². The van der Waals surface area contributed by atoms with Crippen LogP contribution in [0.3, 0.4) is 0 Å². The van der Waals surface area contributed by atoms with Gasteiger partial charge in [-0.25, -0.2) is 12.7 Å². The Morgan fingerprint density at radius 2 is 1.86 bits per heavy atom. The maximum atomic E-state index is 12.4. The van der Waals surface area contributed by atoms with E-state index in [4.69, 9.17) is 0 Å². The van der Waals surface area contributed by atoms with Crippen molar-refractivity contribution >= 4 is 22.0 Å².